The summed E-state index contributed by atoms with van der Waals surface area (Å²) >= 11 is 0. The van der Waals surface area contributed by atoms with Gasteiger partial charge in [0.1, 0.15) is 5.76 Å². The molecule has 2 N–H and O–H groups in total. The van der Waals surface area contributed by atoms with Crippen molar-refractivity contribution in [2.24, 2.45) is 0 Å². The molecule has 0 aliphatic carbocycles. The lowest BCUT2D eigenvalue weighted by atomic mass is 10.2. The molecule has 0 fully saturated rings. The predicted octanol–water partition coefficient (Wildman–Crippen LogP) is 4.22. The van der Waals surface area contributed by atoms with Crippen molar-refractivity contribution >= 4 is 5.69 Å². The van der Waals surface area contributed by atoms with Crippen LogP contribution in [0.15, 0.2) is 83.5 Å². The highest BCUT2D eigenvalue weighted by molar-refractivity contribution is 5.56. The summed E-state index contributed by atoms with van der Waals surface area (Å²) in [6.45, 7) is 0. The number of nitrogens with two attached hydrogens (primary N) is 1. The van der Waals surface area contributed by atoms with E-state index in [1.54, 1.807) is 6.26 Å². The number of furan rings is 1. The zero-order valence-corrected chi connectivity index (χ0v) is 9.99. The smallest absolute Gasteiger partial charge is 0.133 e. The Morgan fingerprint density at radius 2 is 1.28 bits per heavy atom. The van der Waals surface area contributed by atoms with Crippen LogP contribution >= 0.6 is 0 Å². The molecule has 0 radical (unpaired) electrons. The maximum atomic E-state index is 5.36. The van der Waals surface area contributed by atoms with E-state index >= 15 is 0 Å². The molecule has 0 spiro atoms. The Kier molecular flexibility index (Phi) is 4.20. The number of hydrogen-bond donors (Lipinski definition) is 1. The van der Waals surface area contributed by atoms with E-state index < -0.39 is 0 Å². The summed E-state index contributed by atoms with van der Waals surface area (Å²) in [5.41, 5.74) is 7.30. The van der Waals surface area contributed by atoms with Gasteiger partial charge in [-0.15, -0.1) is 0 Å². The SMILES string of the molecule is Nc1ccccc1.c1ccc(-c2ccco2)cc1. The van der Waals surface area contributed by atoms with Gasteiger partial charge in [-0.05, 0) is 24.3 Å². The fourth-order valence-electron chi connectivity index (χ4n) is 1.50. The van der Waals surface area contributed by atoms with Gasteiger partial charge in [-0.2, -0.15) is 0 Å². The summed E-state index contributed by atoms with van der Waals surface area (Å²) in [5, 5.41) is 0. The molecule has 3 rings (SSSR count). The standard InChI is InChI=1S/C10H8O.C6H7N/c1-2-5-9(6-3-1)10-7-4-8-11-10;7-6-4-2-1-3-5-6/h1-8H;1-5H,7H2. The molecule has 90 valence electrons. The Labute approximate surface area is 107 Å². The molecule has 2 aromatic carbocycles. The molecular formula is C16H15NO. The minimum Gasteiger partial charge on any atom is -0.464 e. The number of anilines is 1. The van der Waals surface area contributed by atoms with Gasteiger partial charge < -0.3 is 10.2 Å². The molecule has 1 heterocycles. The van der Waals surface area contributed by atoms with E-state index in [2.05, 4.69) is 0 Å². The number of nitrogen functional groups attached to an aromatic ring is 1. The molecule has 0 saturated heterocycles. The molecule has 0 saturated carbocycles. The zero-order chi connectivity index (χ0) is 12.6. The molecule has 2 heteroatoms. The van der Waals surface area contributed by atoms with Crippen LogP contribution in [0.2, 0.25) is 0 Å². The van der Waals surface area contributed by atoms with Crippen LogP contribution in [0, 0.1) is 0 Å². The number of para-hydroxylation sites is 1. The van der Waals surface area contributed by atoms with E-state index in [0.29, 0.717) is 0 Å². The van der Waals surface area contributed by atoms with Gasteiger partial charge in [-0.1, -0.05) is 48.5 Å². The minimum absolute atomic E-state index is 0.822. The lowest BCUT2D eigenvalue weighted by Gasteiger charge is -1.92. The fourth-order valence-corrected chi connectivity index (χ4v) is 1.50. The topological polar surface area (TPSA) is 39.2 Å². The van der Waals surface area contributed by atoms with Crippen LogP contribution in [0.3, 0.4) is 0 Å². The van der Waals surface area contributed by atoms with E-state index in [0.717, 1.165) is 17.0 Å². The second kappa shape index (κ2) is 6.30. The second-order valence-electron chi connectivity index (χ2n) is 3.75. The molecule has 0 aliphatic rings. The van der Waals surface area contributed by atoms with Crippen LogP contribution in [-0.2, 0) is 0 Å². The van der Waals surface area contributed by atoms with Crippen molar-refractivity contribution < 1.29 is 4.42 Å². The van der Waals surface area contributed by atoms with Crippen molar-refractivity contribution in [1.82, 2.24) is 0 Å². The highest BCUT2D eigenvalue weighted by atomic mass is 16.3. The van der Waals surface area contributed by atoms with Crippen LogP contribution in [0.4, 0.5) is 5.69 Å². The Bertz CT molecular complexity index is 544. The van der Waals surface area contributed by atoms with Gasteiger partial charge in [-0.3, -0.25) is 0 Å². The van der Waals surface area contributed by atoms with Gasteiger partial charge in [0.15, 0.2) is 0 Å². The second-order valence-corrected chi connectivity index (χ2v) is 3.75. The predicted molar refractivity (Wildman–Crippen MR) is 75.0 cm³/mol. The fraction of sp³-hybridized carbons (Fsp3) is 0. The van der Waals surface area contributed by atoms with Crippen molar-refractivity contribution in [1.29, 1.82) is 0 Å². The molecule has 0 amide bonds. The van der Waals surface area contributed by atoms with Gasteiger partial charge in [0.2, 0.25) is 0 Å². The maximum absolute atomic E-state index is 5.36. The van der Waals surface area contributed by atoms with E-state index in [-0.39, 0.29) is 0 Å². The lowest BCUT2D eigenvalue weighted by molar-refractivity contribution is 0.582. The van der Waals surface area contributed by atoms with Gasteiger partial charge in [0, 0.05) is 11.3 Å². The van der Waals surface area contributed by atoms with Crippen molar-refractivity contribution in [3.05, 3.63) is 79.1 Å². The molecular weight excluding hydrogens is 222 g/mol. The van der Waals surface area contributed by atoms with Crippen LogP contribution in [0.25, 0.3) is 11.3 Å². The van der Waals surface area contributed by atoms with Gasteiger partial charge in [0.05, 0.1) is 6.26 Å². The quantitative estimate of drug-likeness (QED) is 0.644. The summed E-state index contributed by atoms with van der Waals surface area (Å²) in [6.07, 6.45) is 1.68. The lowest BCUT2D eigenvalue weighted by Crippen LogP contribution is -1.79. The molecule has 0 atom stereocenters. The highest BCUT2D eigenvalue weighted by Gasteiger charge is 1.95. The molecule has 0 aliphatic heterocycles. The molecule has 0 unspecified atom stereocenters. The average Bonchev–Trinajstić information content (AvgIpc) is 2.95. The van der Waals surface area contributed by atoms with Crippen molar-refractivity contribution in [3.8, 4) is 11.3 Å². The largest absolute Gasteiger partial charge is 0.464 e. The first-order chi connectivity index (χ1) is 8.86. The monoisotopic (exact) mass is 237 g/mol. The number of hydrogen-bond acceptors (Lipinski definition) is 2. The minimum atomic E-state index is 0.822. The van der Waals surface area contributed by atoms with E-state index in [9.17, 15) is 0 Å². The first-order valence-electron chi connectivity index (χ1n) is 5.76. The molecule has 18 heavy (non-hydrogen) atoms. The van der Waals surface area contributed by atoms with E-state index in [1.165, 1.54) is 0 Å². The first-order valence-corrected chi connectivity index (χ1v) is 5.76. The Morgan fingerprint density at radius 1 is 0.667 bits per heavy atom. The van der Waals surface area contributed by atoms with Crippen molar-refractivity contribution in [3.63, 3.8) is 0 Å². The molecule has 3 aromatic rings. The zero-order valence-electron chi connectivity index (χ0n) is 9.99. The number of benzene rings is 2. The van der Waals surface area contributed by atoms with Crippen LogP contribution in [-0.4, -0.2) is 0 Å². The summed E-state index contributed by atoms with van der Waals surface area (Å²) in [6, 6.07) is 23.4. The molecule has 1 aromatic heterocycles. The Morgan fingerprint density at radius 3 is 1.72 bits per heavy atom. The van der Waals surface area contributed by atoms with Gasteiger partial charge >= 0.3 is 0 Å². The van der Waals surface area contributed by atoms with E-state index in [1.807, 2.05) is 72.8 Å². The van der Waals surface area contributed by atoms with Crippen LogP contribution in [0.1, 0.15) is 0 Å². The van der Waals surface area contributed by atoms with Crippen LogP contribution < -0.4 is 5.73 Å². The Balaban J connectivity index is 0.000000149. The van der Waals surface area contributed by atoms with Crippen LogP contribution in [0.5, 0.6) is 0 Å². The van der Waals surface area contributed by atoms with Gasteiger partial charge in [-0.25, -0.2) is 0 Å². The average molecular weight is 237 g/mol. The number of rotatable bonds is 1. The van der Waals surface area contributed by atoms with Crippen molar-refractivity contribution in [2.45, 2.75) is 0 Å². The summed E-state index contributed by atoms with van der Waals surface area (Å²) in [4.78, 5) is 0. The third kappa shape index (κ3) is 3.52. The summed E-state index contributed by atoms with van der Waals surface area (Å²) in [5.74, 6) is 0.922. The normalized spacial score (nSPS) is 9.33. The third-order valence-electron chi connectivity index (χ3n) is 2.38. The first kappa shape index (κ1) is 12.0. The molecule has 2 nitrogen and oxygen atoms in total. The third-order valence-corrected chi connectivity index (χ3v) is 2.38. The summed E-state index contributed by atoms with van der Waals surface area (Å²) < 4.78 is 5.22. The molecule has 0 bridgehead atoms. The Hall–Kier alpha value is -2.48. The highest BCUT2D eigenvalue weighted by Crippen LogP contribution is 2.18. The van der Waals surface area contributed by atoms with Crippen molar-refractivity contribution in [2.75, 3.05) is 5.73 Å². The summed E-state index contributed by atoms with van der Waals surface area (Å²) in [7, 11) is 0. The maximum Gasteiger partial charge on any atom is 0.133 e. The van der Waals surface area contributed by atoms with Gasteiger partial charge in [0.25, 0.3) is 0 Å². The van der Waals surface area contributed by atoms with E-state index in [4.69, 9.17) is 10.2 Å².